The number of nitrogens with zero attached hydrogens (tertiary/aromatic N) is 1. The first-order chi connectivity index (χ1) is 11.8. The van der Waals surface area contributed by atoms with E-state index in [-0.39, 0.29) is 23.4 Å². The molecule has 1 N–H and O–H groups in total. The van der Waals surface area contributed by atoms with Gasteiger partial charge in [-0.3, -0.25) is 0 Å². The molecule has 1 heterocycles. The molecule has 25 heavy (non-hydrogen) atoms. The van der Waals surface area contributed by atoms with Crippen molar-refractivity contribution >= 4 is 29.3 Å². The summed E-state index contributed by atoms with van der Waals surface area (Å²) < 4.78 is 43.6. The first kappa shape index (κ1) is 19.2. The molecule has 0 radical (unpaired) electrons. The average molecular weight is 373 g/mol. The fourth-order valence-corrected chi connectivity index (χ4v) is 2.36. The Kier molecular flexibility index (Phi) is 6.39. The van der Waals surface area contributed by atoms with Crippen LogP contribution in [-0.4, -0.2) is 24.5 Å². The van der Waals surface area contributed by atoms with E-state index in [0.717, 1.165) is 17.9 Å². The Hall–Kier alpha value is -2.12. The summed E-state index contributed by atoms with van der Waals surface area (Å²) >= 11 is 5.65. The molecule has 2 aromatic rings. The van der Waals surface area contributed by atoms with E-state index in [2.05, 4.69) is 10.3 Å². The second-order valence-corrected chi connectivity index (χ2v) is 5.60. The van der Waals surface area contributed by atoms with Gasteiger partial charge in [0, 0.05) is 18.0 Å². The van der Waals surface area contributed by atoms with Gasteiger partial charge in [0.25, 0.3) is 0 Å². The number of benzene rings is 1. The van der Waals surface area contributed by atoms with E-state index in [4.69, 9.17) is 16.3 Å². The summed E-state index contributed by atoms with van der Waals surface area (Å²) in [5.74, 6) is -0.388. The summed E-state index contributed by atoms with van der Waals surface area (Å²) in [6.07, 6.45) is -3.78. The normalized spacial score (nSPS) is 12.7. The van der Waals surface area contributed by atoms with E-state index >= 15 is 0 Å². The molecular formula is C17H16ClF3N2O2. The molecule has 0 spiro atoms. The maximum atomic E-state index is 12.8. The van der Waals surface area contributed by atoms with Gasteiger partial charge in [0.05, 0.1) is 12.5 Å². The highest BCUT2D eigenvalue weighted by atomic mass is 35.5. The number of aldehydes is 1. The first-order valence-electron chi connectivity index (χ1n) is 7.48. The maximum absolute atomic E-state index is 12.8. The Labute approximate surface area is 148 Å². The Morgan fingerprint density at radius 1 is 1.24 bits per heavy atom. The Balaban J connectivity index is 2.16. The number of alkyl halides is 3. The monoisotopic (exact) mass is 372 g/mol. The van der Waals surface area contributed by atoms with Crippen LogP contribution >= 0.6 is 11.6 Å². The number of pyridine rings is 1. The standard InChI is InChI=1S/C17H16ClF3N2O2/c1-2-25-10-12(9-24)11-3-5-13(6-4-11)22-14-7-15(17(19,20)21)23-16(18)8-14/h3-9,12H,2,10H2,1H3,(H,22,23). The predicted molar refractivity (Wildman–Crippen MR) is 89.3 cm³/mol. The first-order valence-corrected chi connectivity index (χ1v) is 7.86. The fraction of sp³-hybridized carbons (Fsp3) is 0.294. The van der Waals surface area contributed by atoms with Crippen molar-refractivity contribution in [3.63, 3.8) is 0 Å². The minimum Gasteiger partial charge on any atom is -0.381 e. The zero-order valence-corrected chi connectivity index (χ0v) is 14.1. The minimum atomic E-state index is -4.58. The molecular weight excluding hydrogens is 357 g/mol. The van der Waals surface area contributed by atoms with Gasteiger partial charge in [-0.1, -0.05) is 23.7 Å². The molecule has 1 aromatic carbocycles. The van der Waals surface area contributed by atoms with Crippen LogP contribution in [0, 0.1) is 0 Å². The predicted octanol–water partition coefficient (Wildman–Crippen LogP) is 4.82. The van der Waals surface area contributed by atoms with Crippen LogP contribution in [0.15, 0.2) is 36.4 Å². The van der Waals surface area contributed by atoms with Crippen molar-refractivity contribution in [2.75, 3.05) is 18.5 Å². The number of ether oxygens (including phenoxy) is 1. The second kappa shape index (κ2) is 8.31. The van der Waals surface area contributed by atoms with E-state index in [1.54, 1.807) is 24.3 Å². The van der Waals surface area contributed by atoms with Gasteiger partial charge in [-0.05, 0) is 36.8 Å². The van der Waals surface area contributed by atoms with Crippen molar-refractivity contribution in [2.45, 2.75) is 19.0 Å². The van der Waals surface area contributed by atoms with Crippen LogP contribution in [0.1, 0.15) is 24.1 Å². The number of halogens is 4. The van der Waals surface area contributed by atoms with Gasteiger partial charge < -0.3 is 14.8 Å². The van der Waals surface area contributed by atoms with E-state index in [1.165, 1.54) is 6.07 Å². The third kappa shape index (κ3) is 5.44. The van der Waals surface area contributed by atoms with Crippen LogP contribution in [0.5, 0.6) is 0 Å². The number of hydrogen-bond donors (Lipinski definition) is 1. The van der Waals surface area contributed by atoms with Crippen LogP contribution in [0.25, 0.3) is 0 Å². The van der Waals surface area contributed by atoms with E-state index in [1.807, 2.05) is 6.92 Å². The van der Waals surface area contributed by atoms with Gasteiger partial charge in [-0.2, -0.15) is 13.2 Å². The van der Waals surface area contributed by atoms with Gasteiger partial charge in [0.15, 0.2) is 0 Å². The number of anilines is 2. The fourth-order valence-electron chi connectivity index (χ4n) is 2.15. The van der Waals surface area contributed by atoms with Crippen LogP contribution in [0.3, 0.4) is 0 Å². The maximum Gasteiger partial charge on any atom is 0.433 e. The highest BCUT2D eigenvalue weighted by molar-refractivity contribution is 6.29. The molecule has 0 aliphatic rings. The highest BCUT2D eigenvalue weighted by Crippen LogP contribution is 2.31. The molecule has 4 nitrogen and oxygen atoms in total. The van der Waals surface area contributed by atoms with Crippen LogP contribution in [0.2, 0.25) is 5.15 Å². The molecule has 134 valence electrons. The number of nitrogens with one attached hydrogen (secondary N) is 1. The van der Waals surface area contributed by atoms with Crippen molar-refractivity contribution in [3.05, 3.63) is 52.8 Å². The minimum absolute atomic E-state index is 0.168. The summed E-state index contributed by atoms with van der Waals surface area (Å²) in [5.41, 5.74) is 0.413. The molecule has 8 heteroatoms. The zero-order chi connectivity index (χ0) is 18.4. The molecule has 1 atom stereocenters. The van der Waals surface area contributed by atoms with Crippen molar-refractivity contribution < 1.29 is 22.7 Å². The number of carbonyl (C=O) groups is 1. The highest BCUT2D eigenvalue weighted by Gasteiger charge is 2.33. The second-order valence-electron chi connectivity index (χ2n) is 5.21. The van der Waals surface area contributed by atoms with Gasteiger partial charge in [0.2, 0.25) is 0 Å². The number of rotatable bonds is 7. The van der Waals surface area contributed by atoms with E-state index in [9.17, 15) is 18.0 Å². The summed E-state index contributed by atoms with van der Waals surface area (Å²) in [6.45, 7) is 2.62. The summed E-state index contributed by atoms with van der Waals surface area (Å²) in [7, 11) is 0. The van der Waals surface area contributed by atoms with Crippen molar-refractivity contribution in [2.24, 2.45) is 0 Å². The molecule has 0 saturated carbocycles. The molecule has 0 fully saturated rings. The molecule has 0 amide bonds. The lowest BCUT2D eigenvalue weighted by Crippen LogP contribution is -2.09. The SMILES string of the molecule is CCOCC(C=O)c1ccc(Nc2cc(Cl)nc(C(F)(F)F)c2)cc1. The van der Waals surface area contributed by atoms with Crippen molar-refractivity contribution in [1.29, 1.82) is 0 Å². The zero-order valence-electron chi connectivity index (χ0n) is 13.3. The van der Waals surface area contributed by atoms with Crippen molar-refractivity contribution in [3.8, 4) is 0 Å². The largest absolute Gasteiger partial charge is 0.433 e. The summed E-state index contributed by atoms with van der Waals surface area (Å²) in [4.78, 5) is 14.4. The van der Waals surface area contributed by atoms with Crippen LogP contribution in [0.4, 0.5) is 24.5 Å². The quantitative estimate of drug-likeness (QED) is 0.559. The summed E-state index contributed by atoms with van der Waals surface area (Å²) in [5, 5.41) is 2.58. The smallest absolute Gasteiger partial charge is 0.381 e. The number of hydrogen-bond acceptors (Lipinski definition) is 4. The van der Waals surface area contributed by atoms with Gasteiger partial charge in [-0.25, -0.2) is 4.98 Å². The third-order valence-corrected chi connectivity index (χ3v) is 3.57. The van der Waals surface area contributed by atoms with Gasteiger partial charge >= 0.3 is 6.18 Å². The number of aromatic nitrogens is 1. The van der Waals surface area contributed by atoms with Gasteiger partial charge in [-0.15, -0.1) is 0 Å². The Morgan fingerprint density at radius 2 is 1.92 bits per heavy atom. The average Bonchev–Trinajstić information content (AvgIpc) is 2.55. The van der Waals surface area contributed by atoms with Gasteiger partial charge in [0.1, 0.15) is 17.1 Å². The summed E-state index contributed by atoms with van der Waals surface area (Å²) in [6, 6.07) is 8.94. The molecule has 1 aromatic heterocycles. The van der Waals surface area contributed by atoms with Crippen molar-refractivity contribution in [1.82, 2.24) is 4.98 Å². The van der Waals surface area contributed by atoms with Crippen LogP contribution in [-0.2, 0) is 15.7 Å². The molecule has 2 rings (SSSR count). The molecule has 0 bridgehead atoms. The lowest BCUT2D eigenvalue weighted by Gasteiger charge is -2.13. The Morgan fingerprint density at radius 3 is 2.48 bits per heavy atom. The van der Waals surface area contributed by atoms with Crippen LogP contribution < -0.4 is 5.32 Å². The van der Waals surface area contributed by atoms with E-state index < -0.39 is 11.9 Å². The Bertz CT molecular complexity index is 721. The number of carbonyl (C=O) groups excluding carboxylic acids is 1. The molecule has 0 aliphatic carbocycles. The lowest BCUT2D eigenvalue weighted by atomic mass is 10.0. The molecule has 0 aliphatic heterocycles. The third-order valence-electron chi connectivity index (χ3n) is 3.38. The topological polar surface area (TPSA) is 51.2 Å². The van der Waals surface area contributed by atoms with E-state index in [0.29, 0.717) is 12.3 Å². The molecule has 1 unspecified atom stereocenters. The lowest BCUT2D eigenvalue weighted by molar-refractivity contribution is -0.141. The molecule has 0 saturated heterocycles.